The monoisotopic (exact) mass is 180 g/mol. The fraction of sp³-hybridized carbons (Fsp3) is 0. The van der Waals surface area contributed by atoms with Gasteiger partial charge in [-0.1, -0.05) is 23.2 Å². The molecule has 0 fully saturated rings. The molecule has 5 heteroatoms. The number of furan rings is 1. The third-order valence-electron chi connectivity index (χ3n) is 0.884. The highest BCUT2D eigenvalue weighted by Crippen LogP contribution is 2.27. The summed E-state index contributed by atoms with van der Waals surface area (Å²) in [6, 6.07) is 0. The molecular weight excluding hydrogens is 179 g/mol. The fourth-order valence-electron chi connectivity index (χ4n) is 0.467. The van der Waals surface area contributed by atoms with E-state index in [1.165, 1.54) is 0 Å². The van der Waals surface area contributed by atoms with Gasteiger partial charge in [-0.3, -0.25) is 0 Å². The van der Waals surface area contributed by atoms with Gasteiger partial charge >= 0.3 is 5.97 Å². The summed E-state index contributed by atoms with van der Waals surface area (Å²) in [6.07, 6.45) is 1.08. The van der Waals surface area contributed by atoms with Crippen LogP contribution in [0.25, 0.3) is 0 Å². The van der Waals surface area contributed by atoms with Gasteiger partial charge in [0.05, 0.1) is 5.02 Å². The molecule has 3 nitrogen and oxygen atoms in total. The molecule has 54 valence electrons. The highest BCUT2D eigenvalue weighted by atomic mass is 35.5. The number of hydrogen-bond acceptors (Lipinski definition) is 2. The molecule has 1 N–H and O–H groups in total. The average Bonchev–Trinajstić information content (AvgIpc) is 2.14. The molecule has 0 atom stereocenters. The quantitative estimate of drug-likeness (QED) is 0.722. The summed E-state index contributed by atoms with van der Waals surface area (Å²) in [5.74, 6) is -1.55. The fourth-order valence-corrected chi connectivity index (χ4v) is 0.767. The van der Waals surface area contributed by atoms with Crippen molar-refractivity contribution >= 4 is 29.2 Å². The molecular formula is C5H2Cl2O3. The number of carboxylic acids is 1. The molecule has 0 aliphatic rings. The van der Waals surface area contributed by atoms with Crippen LogP contribution in [0, 0.1) is 0 Å². The lowest BCUT2D eigenvalue weighted by Crippen LogP contribution is -1.93. The Kier molecular flexibility index (Phi) is 1.87. The van der Waals surface area contributed by atoms with E-state index < -0.39 is 5.97 Å². The Morgan fingerprint density at radius 3 is 2.40 bits per heavy atom. The summed E-state index contributed by atoms with van der Waals surface area (Å²) in [4.78, 5) is 10.2. The summed E-state index contributed by atoms with van der Waals surface area (Å²) >= 11 is 10.8. The number of carbonyl (C=O) groups is 1. The standard InChI is InChI=1S/C5H2Cl2O3/c6-2-1-10-4(3(2)7)5(8)9/h1H,(H,8,9). The van der Waals surface area contributed by atoms with Crippen LogP contribution in [0.1, 0.15) is 10.6 Å². The smallest absolute Gasteiger partial charge is 0.373 e. The van der Waals surface area contributed by atoms with Crippen LogP contribution in [0.5, 0.6) is 0 Å². The van der Waals surface area contributed by atoms with Crippen molar-refractivity contribution in [2.75, 3.05) is 0 Å². The zero-order chi connectivity index (χ0) is 7.72. The van der Waals surface area contributed by atoms with Crippen LogP contribution in [0.15, 0.2) is 10.7 Å². The lowest BCUT2D eigenvalue weighted by Gasteiger charge is -1.84. The molecule has 0 bridgehead atoms. The third-order valence-corrected chi connectivity index (χ3v) is 1.63. The predicted molar refractivity (Wildman–Crippen MR) is 35.7 cm³/mol. The number of carboxylic acid groups (broad SMARTS) is 1. The molecule has 1 aromatic rings. The summed E-state index contributed by atoms with van der Waals surface area (Å²) in [7, 11) is 0. The minimum absolute atomic E-state index is 0.0610. The van der Waals surface area contributed by atoms with Crippen LogP contribution < -0.4 is 0 Å². The third kappa shape index (κ3) is 1.10. The maximum Gasteiger partial charge on any atom is 0.373 e. The van der Waals surface area contributed by atoms with Crippen LogP contribution in [-0.4, -0.2) is 11.1 Å². The van der Waals surface area contributed by atoms with Crippen LogP contribution in [0.2, 0.25) is 10.0 Å². The molecule has 0 aliphatic heterocycles. The number of rotatable bonds is 1. The largest absolute Gasteiger partial charge is 0.475 e. The van der Waals surface area contributed by atoms with Gasteiger partial charge in [-0.05, 0) is 0 Å². The number of hydrogen-bond donors (Lipinski definition) is 1. The lowest BCUT2D eigenvalue weighted by molar-refractivity contribution is 0.0662. The molecule has 0 saturated heterocycles. The van der Waals surface area contributed by atoms with Gasteiger partial charge in [-0.2, -0.15) is 0 Å². The summed E-state index contributed by atoms with van der Waals surface area (Å²) in [6.45, 7) is 0. The first-order valence-electron chi connectivity index (χ1n) is 2.28. The van der Waals surface area contributed by atoms with Crippen molar-refractivity contribution in [2.45, 2.75) is 0 Å². The van der Waals surface area contributed by atoms with Gasteiger partial charge in [-0.15, -0.1) is 0 Å². The van der Waals surface area contributed by atoms with E-state index in [0.717, 1.165) is 6.26 Å². The Bertz CT molecular complexity index is 266. The van der Waals surface area contributed by atoms with Crippen molar-refractivity contribution in [3.8, 4) is 0 Å². The Morgan fingerprint density at radius 2 is 2.20 bits per heavy atom. The van der Waals surface area contributed by atoms with E-state index in [4.69, 9.17) is 28.3 Å². The second-order valence-corrected chi connectivity index (χ2v) is 2.32. The minimum atomic E-state index is -1.23. The Labute approximate surface area is 66.2 Å². The first-order valence-corrected chi connectivity index (χ1v) is 3.04. The molecule has 0 amide bonds. The predicted octanol–water partition coefficient (Wildman–Crippen LogP) is 2.28. The van der Waals surface area contributed by atoms with Crippen molar-refractivity contribution in [3.05, 3.63) is 22.1 Å². The Hall–Kier alpha value is -0.670. The minimum Gasteiger partial charge on any atom is -0.475 e. The van der Waals surface area contributed by atoms with Crippen molar-refractivity contribution in [1.82, 2.24) is 0 Å². The molecule has 0 aliphatic carbocycles. The zero-order valence-corrected chi connectivity index (χ0v) is 6.11. The normalized spacial score (nSPS) is 9.80. The zero-order valence-electron chi connectivity index (χ0n) is 4.60. The SMILES string of the molecule is O=C(O)c1occ(Cl)c1Cl. The van der Waals surface area contributed by atoms with Crippen LogP contribution in [0.3, 0.4) is 0 Å². The van der Waals surface area contributed by atoms with Gasteiger partial charge in [0.1, 0.15) is 11.3 Å². The van der Waals surface area contributed by atoms with E-state index in [-0.39, 0.29) is 15.8 Å². The average molecular weight is 181 g/mol. The maximum absolute atomic E-state index is 10.2. The van der Waals surface area contributed by atoms with Gasteiger partial charge in [-0.25, -0.2) is 4.79 Å². The molecule has 10 heavy (non-hydrogen) atoms. The molecule has 1 rings (SSSR count). The van der Waals surface area contributed by atoms with Gasteiger partial charge in [0, 0.05) is 0 Å². The van der Waals surface area contributed by atoms with Gasteiger partial charge < -0.3 is 9.52 Å². The first-order chi connectivity index (χ1) is 4.63. The van der Waals surface area contributed by atoms with Crippen molar-refractivity contribution < 1.29 is 14.3 Å². The Balaban J connectivity index is 3.17. The molecule has 1 aromatic heterocycles. The van der Waals surface area contributed by atoms with Crippen LogP contribution in [-0.2, 0) is 0 Å². The molecule has 0 saturated carbocycles. The highest BCUT2D eigenvalue weighted by molar-refractivity contribution is 6.43. The molecule has 0 aromatic carbocycles. The highest BCUT2D eigenvalue weighted by Gasteiger charge is 2.15. The summed E-state index contributed by atoms with van der Waals surface area (Å²) in [5, 5.41) is 8.39. The van der Waals surface area contributed by atoms with Gasteiger partial charge in [0.25, 0.3) is 0 Å². The number of halogens is 2. The molecule has 1 heterocycles. The van der Waals surface area contributed by atoms with Crippen molar-refractivity contribution in [1.29, 1.82) is 0 Å². The van der Waals surface area contributed by atoms with Crippen molar-refractivity contribution in [3.63, 3.8) is 0 Å². The second-order valence-electron chi connectivity index (χ2n) is 1.53. The molecule has 0 radical (unpaired) electrons. The van der Waals surface area contributed by atoms with E-state index in [1.54, 1.807) is 0 Å². The van der Waals surface area contributed by atoms with Crippen LogP contribution in [0.4, 0.5) is 0 Å². The topological polar surface area (TPSA) is 50.4 Å². The van der Waals surface area contributed by atoms with Gasteiger partial charge in [0.2, 0.25) is 5.76 Å². The number of aromatic carboxylic acids is 1. The van der Waals surface area contributed by atoms with E-state index in [9.17, 15) is 4.79 Å². The van der Waals surface area contributed by atoms with Gasteiger partial charge in [0.15, 0.2) is 0 Å². The lowest BCUT2D eigenvalue weighted by atomic mass is 10.4. The second kappa shape index (κ2) is 2.52. The molecule has 0 unspecified atom stereocenters. The summed E-state index contributed by atoms with van der Waals surface area (Å²) < 4.78 is 4.49. The maximum atomic E-state index is 10.2. The van der Waals surface area contributed by atoms with E-state index in [2.05, 4.69) is 4.42 Å². The Morgan fingerprint density at radius 1 is 1.60 bits per heavy atom. The first kappa shape index (κ1) is 7.44. The summed E-state index contributed by atoms with van der Waals surface area (Å²) in [5.41, 5.74) is 0. The molecule has 0 spiro atoms. The van der Waals surface area contributed by atoms with E-state index in [0.29, 0.717) is 0 Å². The van der Waals surface area contributed by atoms with Crippen molar-refractivity contribution in [2.24, 2.45) is 0 Å². The van der Waals surface area contributed by atoms with Crippen LogP contribution >= 0.6 is 23.2 Å². The van der Waals surface area contributed by atoms with E-state index in [1.807, 2.05) is 0 Å². The van der Waals surface area contributed by atoms with E-state index >= 15 is 0 Å².